The number of nitrogens with zero attached hydrogens (tertiary/aromatic N) is 2. The highest BCUT2D eigenvalue weighted by Crippen LogP contribution is 2.20. The van der Waals surface area contributed by atoms with Crippen molar-refractivity contribution in [2.75, 3.05) is 59.5 Å². The maximum atomic E-state index is 5.02. The number of nitrogens with one attached hydrogen (secondary N) is 1. The van der Waals surface area contributed by atoms with Crippen molar-refractivity contribution in [2.45, 2.75) is 38.1 Å². The van der Waals surface area contributed by atoms with Crippen molar-refractivity contribution >= 4 is 0 Å². The van der Waals surface area contributed by atoms with Crippen LogP contribution in [0.25, 0.3) is 0 Å². The monoisotopic (exact) mass is 269 g/mol. The number of piperidine rings is 1. The van der Waals surface area contributed by atoms with E-state index in [1.54, 1.807) is 7.11 Å². The Morgan fingerprint density at radius 1 is 1.11 bits per heavy atom. The summed E-state index contributed by atoms with van der Waals surface area (Å²) >= 11 is 0. The Kier molecular flexibility index (Phi) is 7.14. The Labute approximate surface area is 118 Å². The lowest BCUT2D eigenvalue weighted by atomic mass is 10.1. The van der Waals surface area contributed by atoms with Crippen LogP contribution in [0.1, 0.15) is 32.1 Å². The molecule has 4 nitrogen and oxygen atoms in total. The van der Waals surface area contributed by atoms with Crippen molar-refractivity contribution in [1.82, 2.24) is 15.1 Å². The normalized spacial score (nSPS) is 26.1. The maximum absolute atomic E-state index is 5.02. The number of methoxy groups -OCH3 is 1. The van der Waals surface area contributed by atoms with Crippen LogP contribution in [0.2, 0.25) is 0 Å². The summed E-state index contributed by atoms with van der Waals surface area (Å²) in [5.74, 6) is 0. The minimum atomic E-state index is 0.820. The summed E-state index contributed by atoms with van der Waals surface area (Å²) in [5.41, 5.74) is 0. The third-order valence-corrected chi connectivity index (χ3v) is 4.47. The topological polar surface area (TPSA) is 27.7 Å². The highest BCUT2D eigenvalue weighted by atomic mass is 16.5. The largest absolute Gasteiger partial charge is 0.383 e. The fourth-order valence-corrected chi connectivity index (χ4v) is 3.32. The third-order valence-electron chi connectivity index (χ3n) is 4.47. The number of hydrogen-bond acceptors (Lipinski definition) is 4. The van der Waals surface area contributed by atoms with E-state index in [4.69, 9.17) is 4.74 Å². The van der Waals surface area contributed by atoms with Crippen molar-refractivity contribution in [3.63, 3.8) is 0 Å². The van der Waals surface area contributed by atoms with Crippen LogP contribution in [0.3, 0.4) is 0 Å². The average molecular weight is 269 g/mol. The van der Waals surface area contributed by atoms with Crippen LogP contribution in [-0.4, -0.2) is 75.4 Å². The van der Waals surface area contributed by atoms with E-state index in [2.05, 4.69) is 15.1 Å². The lowest BCUT2D eigenvalue weighted by Crippen LogP contribution is -2.41. The SMILES string of the molecule is COCCNCCCN1CCC(N2CCCCC2)C1. The summed E-state index contributed by atoms with van der Waals surface area (Å²) in [6, 6.07) is 0.849. The molecule has 0 radical (unpaired) electrons. The first-order valence-corrected chi connectivity index (χ1v) is 8.06. The van der Waals surface area contributed by atoms with E-state index in [-0.39, 0.29) is 0 Å². The van der Waals surface area contributed by atoms with Gasteiger partial charge in [0.05, 0.1) is 6.61 Å². The molecule has 2 saturated heterocycles. The van der Waals surface area contributed by atoms with E-state index >= 15 is 0 Å². The van der Waals surface area contributed by atoms with E-state index < -0.39 is 0 Å². The van der Waals surface area contributed by atoms with Gasteiger partial charge in [-0.25, -0.2) is 0 Å². The quantitative estimate of drug-likeness (QED) is 0.670. The molecule has 2 heterocycles. The average Bonchev–Trinajstić information content (AvgIpc) is 2.92. The molecule has 0 aromatic heterocycles. The summed E-state index contributed by atoms with van der Waals surface area (Å²) in [5, 5.41) is 3.42. The van der Waals surface area contributed by atoms with Crippen LogP contribution >= 0.6 is 0 Å². The van der Waals surface area contributed by atoms with Gasteiger partial charge in [0, 0.05) is 26.2 Å². The predicted octanol–water partition coefficient (Wildman–Crippen LogP) is 1.17. The highest BCUT2D eigenvalue weighted by Gasteiger charge is 2.27. The summed E-state index contributed by atoms with van der Waals surface area (Å²) in [4.78, 5) is 5.39. The Bertz CT molecular complexity index is 231. The Balaban J connectivity index is 1.52. The van der Waals surface area contributed by atoms with Crippen molar-refractivity contribution < 1.29 is 4.74 Å². The van der Waals surface area contributed by atoms with Gasteiger partial charge in [-0.1, -0.05) is 6.42 Å². The fourth-order valence-electron chi connectivity index (χ4n) is 3.32. The van der Waals surface area contributed by atoms with Crippen molar-refractivity contribution in [3.05, 3.63) is 0 Å². The first kappa shape index (κ1) is 15.2. The van der Waals surface area contributed by atoms with Gasteiger partial charge < -0.3 is 15.0 Å². The van der Waals surface area contributed by atoms with Gasteiger partial charge in [0.25, 0.3) is 0 Å². The Hall–Kier alpha value is -0.160. The van der Waals surface area contributed by atoms with E-state index in [0.29, 0.717) is 0 Å². The maximum Gasteiger partial charge on any atom is 0.0587 e. The van der Waals surface area contributed by atoms with E-state index in [1.165, 1.54) is 64.8 Å². The number of ether oxygens (including phenoxy) is 1. The van der Waals surface area contributed by atoms with Gasteiger partial charge in [-0.15, -0.1) is 0 Å². The van der Waals surface area contributed by atoms with Gasteiger partial charge in [0.1, 0.15) is 0 Å². The van der Waals surface area contributed by atoms with E-state index in [9.17, 15) is 0 Å². The van der Waals surface area contributed by atoms with Gasteiger partial charge in [-0.05, 0) is 58.4 Å². The molecule has 2 fully saturated rings. The molecule has 0 saturated carbocycles. The lowest BCUT2D eigenvalue weighted by Gasteiger charge is -2.32. The van der Waals surface area contributed by atoms with Crippen molar-refractivity contribution in [2.24, 2.45) is 0 Å². The van der Waals surface area contributed by atoms with Crippen LogP contribution in [0, 0.1) is 0 Å². The molecule has 2 rings (SSSR count). The predicted molar refractivity (Wildman–Crippen MR) is 79.6 cm³/mol. The number of rotatable bonds is 8. The van der Waals surface area contributed by atoms with Crippen LogP contribution in [0.4, 0.5) is 0 Å². The minimum absolute atomic E-state index is 0.820. The molecule has 1 atom stereocenters. The summed E-state index contributed by atoms with van der Waals surface area (Å²) in [7, 11) is 1.76. The second kappa shape index (κ2) is 8.90. The molecule has 2 aliphatic heterocycles. The summed E-state index contributed by atoms with van der Waals surface area (Å²) in [6.07, 6.45) is 6.92. The van der Waals surface area contributed by atoms with Crippen molar-refractivity contribution in [3.8, 4) is 0 Å². The second-order valence-corrected chi connectivity index (χ2v) is 5.94. The standard InChI is InChI=1S/C15H31N3O/c1-19-13-8-16-7-5-9-17-12-6-15(14-17)18-10-3-2-4-11-18/h15-16H,2-14H2,1H3. The van der Waals surface area contributed by atoms with E-state index in [1.807, 2.05) is 0 Å². The van der Waals surface area contributed by atoms with Gasteiger partial charge >= 0.3 is 0 Å². The van der Waals surface area contributed by atoms with Gasteiger partial charge in [0.2, 0.25) is 0 Å². The molecule has 0 spiro atoms. The molecule has 0 aromatic carbocycles. The molecule has 0 amide bonds. The Morgan fingerprint density at radius 2 is 1.95 bits per heavy atom. The van der Waals surface area contributed by atoms with Gasteiger partial charge in [-0.3, -0.25) is 4.90 Å². The lowest BCUT2D eigenvalue weighted by molar-refractivity contribution is 0.162. The van der Waals surface area contributed by atoms with Gasteiger partial charge in [-0.2, -0.15) is 0 Å². The van der Waals surface area contributed by atoms with Gasteiger partial charge in [0.15, 0.2) is 0 Å². The smallest absolute Gasteiger partial charge is 0.0587 e. The highest BCUT2D eigenvalue weighted by molar-refractivity contribution is 4.84. The molecule has 2 aliphatic rings. The number of hydrogen-bond donors (Lipinski definition) is 1. The molecule has 0 aromatic rings. The first-order chi connectivity index (χ1) is 9.40. The molecule has 1 N–H and O–H groups in total. The van der Waals surface area contributed by atoms with E-state index in [0.717, 1.165) is 25.7 Å². The molecule has 1 unspecified atom stereocenters. The summed E-state index contributed by atoms with van der Waals surface area (Å²) < 4.78 is 5.02. The molecule has 112 valence electrons. The summed E-state index contributed by atoms with van der Waals surface area (Å²) in [6.45, 7) is 9.47. The van der Waals surface area contributed by atoms with Crippen LogP contribution in [-0.2, 0) is 4.74 Å². The molecule has 0 bridgehead atoms. The van der Waals surface area contributed by atoms with Crippen molar-refractivity contribution in [1.29, 1.82) is 0 Å². The van der Waals surface area contributed by atoms with Crippen LogP contribution < -0.4 is 5.32 Å². The fraction of sp³-hybridized carbons (Fsp3) is 1.00. The molecule has 0 aliphatic carbocycles. The van der Waals surface area contributed by atoms with Crippen LogP contribution in [0.15, 0.2) is 0 Å². The molecule has 19 heavy (non-hydrogen) atoms. The third kappa shape index (κ3) is 5.38. The zero-order valence-electron chi connectivity index (χ0n) is 12.6. The first-order valence-electron chi connectivity index (χ1n) is 8.06. The zero-order chi connectivity index (χ0) is 13.3. The Morgan fingerprint density at radius 3 is 2.74 bits per heavy atom. The minimum Gasteiger partial charge on any atom is -0.383 e. The molecule has 4 heteroatoms. The molecular formula is C15H31N3O. The zero-order valence-corrected chi connectivity index (χ0v) is 12.6. The van der Waals surface area contributed by atoms with Crippen LogP contribution in [0.5, 0.6) is 0 Å². The number of likely N-dealkylation sites (tertiary alicyclic amines) is 2. The molecular weight excluding hydrogens is 238 g/mol. The second-order valence-electron chi connectivity index (χ2n) is 5.94.